The number of nitrogens with zero attached hydrogens (tertiary/aromatic N) is 2. The lowest BCUT2D eigenvalue weighted by molar-refractivity contribution is -0.122. The first-order valence-electron chi connectivity index (χ1n) is 8.72. The number of hydrogen-bond donors (Lipinski definition) is 2. The molecule has 24 heavy (non-hydrogen) atoms. The van der Waals surface area contributed by atoms with Gasteiger partial charge in [0.15, 0.2) is 0 Å². The maximum Gasteiger partial charge on any atom is 0.226 e. The third kappa shape index (κ3) is 3.93. The summed E-state index contributed by atoms with van der Waals surface area (Å²) in [5.74, 6) is 0.876. The van der Waals surface area contributed by atoms with E-state index in [-0.39, 0.29) is 17.7 Å². The van der Waals surface area contributed by atoms with E-state index in [2.05, 4.69) is 22.5 Å². The number of fused-ring (bicyclic) bond motifs is 1. The molecule has 6 heteroatoms. The van der Waals surface area contributed by atoms with Gasteiger partial charge in [-0.2, -0.15) is 0 Å². The highest BCUT2D eigenvalue weighted by Crippen LogP contribution is 2.28. The first kappa shape index (κ1) is 16.5. The maximum absolute atomic E-state index is 12.2. The zero-order valence-corrected chi connectivity index (χ0v) is 14.0. The molecular weight excluding hydrogens is 304 g/mol. The lowest BCUT2D eigenvalue weighted by Crippen LogP contribution is -2.26. The number of aromatic nitrogens is 2. The second-order valence-corrected chi connectivity index (χ2v) is 6.29. The Kier molecular flexibility index (Phi) is 5.13. The van der Waals surface area contributed by atoms with E-state index >= 15 is 0 Å². The number of carbonyl (C=O) groups excluding carboxylic acids is 2. The normalized spacial score (nSPS) is 13.9. The van der Waals surface area contributed by atoms with Crippen LogP contribution in [0.3, 0.4) is 0 Å². The molecule has 0 atom stereocenters. The van der Waals surface area contributed by atoms with Crippen molar-refractivity contribution in [1.29, 1.82) is 0 Å². The van der Waals surface area contributed by atoms with E-state index in [1.165, 1.54) is 0 Å². The third-order valence-electron chi connectivity index (χ3n) is 4.18. The highest BCUT2D eigenvalue weighted by atomic mass is 16.2. The van der Waals surface area contributed by atoms with Crippen molar-refractivity contribution in [3.63, 3.8) is 0 Å². The largest absolute Gasteiger partial charge is 0.356 e. The predicted octanol–water partition coefficient (Wildman–Crippen LogP) is 2.69. The number of hydrogen-bond acceptors (Lipinski definition) is 3. The summed E-state index contributed by atoms with van der Waals surface area (Å²) in [5.41, 5.74) is 1.92. The van der Waals surface area contributed by atoms with Crippen LogP contribution in [0.5, 0.6) is 0 Å². The molecule has 6 nitrogen and oxygen atoms in total. The number of para-hydroxylation sites is 2. The minimum absolute atomic E-state index is 0.0664. The number of aryl methyl sites for hydroxylation is 1. The summed E-state index contributed by atoms with van der Waals surface area (Å²) in [6.07, 6.45) is 3.98. The first-order chi connectivity index (χ1) is 11.7. The molecule has 1 saturated carbocycles. The zero-order valence-electron chi connectivity index (χ0n) is 14.0. The number of imidazole rings is 1. The quantitative estimate of drug-likeness (QED) is 0.732. The molecule has 1 aliphatic carbocycles. The van der Waals surface area contributed by atoms with Gasteiger partial charge in [-0.05, 0) is 37.8 Å². The summed E-state index contributed by atoms with van der Waals surface area (Å²) in [6.45, 7) is 3.46. The molecule has 3 rings (SSSR count). The lowest BCUT2D eigenvalue weighted by atomic mass is 10.3. The number of carbonyl (C=O) groups is 2. The fourth-order valence-corrected chi connectivity index (χ4v) is 2.76. The Morgan fingerprint density at radius 1 is 1.29 bits per heavy atom. The Balaban J connectivity index is 1.54. The van der Waals surface area contributed by atoms with Gasteiger partial charge in [0.1, 0.15) is 0 Å². The van der Waals surface area contributed by atoms with Gasteiger partial charge in [0.05, 0.1) is 11.0 Å². The van der Waals surface area contributed by atoms with Gasteiger partial charge < -0.3 is 9.88 Å². The van der Waals surface area contributed by atoms with Crippen LogP contribution in [0.15, 0.2) is 24.3 Å². The standard InChI is InChI=1S/C18H24N4O2/c1-2-12-22-15-7-4-3-6-14(15)20-18(22)21-16(23)8-5-11-19-17(24)13-9-10-13/h3-4,6-7,13H,2,5,8-12H2,1H3,(H,19,24)(H,20,21,23). The molecule has 0 unspecified atom stereocenters. The van der Waals surface area contributed by atoms with Gasteiger partial charge in [0, 0.05) is 25.4 Å². The van der Waals surface area contributed by atoms with Crippen LogP contribution in [0, 0.1) is 5.92 Å². The molecule has 2 aromatic rings. The smallest absolute Gasteiger partial charge is 0.226 e. The summed E-state index contributed by atoms with van der Waals surface area (Å²) in [5, 5.41) is 5.79. The molecule has 2 amide bonds. The molecule has 0 radical (unpaired) electrons. The summed E-state index contributed by atoms with van der Waals surface area (Å²) in [6, 6.07) is 7.88. The molecule has 1 aromatic heterocycles. The molecule has 1 aromatic carbocycles. The molecule has 128 valence electrons. The second kappa shape index (κ2) is 7.47. The lowest BCUT2D eigenvalue weighted by Gasteiger charge is -2.09. The van der Waals surface area contributed by atoms with Gasteiger partial charge in [0.25, 0.3) is 0 Å². The van der Waals surface area contributed by atoms with Crippen LogP contribution < -0.4 is 10.6 Å². The fourth-order valence-electron chi connectivity index (χ4n) is 2.76. The number of rotatable bonds is 8. The molecule has 0 bridgehead atoms. The number of benzene rings is 1. The van der Waals surface area contributed by atoms with Crippen molar-refractivity contribution >= 4 is 28.8 Å². The topological polar surface area (TPSA) is 76.0 Å². The summed E-state index contributed by atoms with van der Waals surface area (Å²) < 4.78 is 2.04. The minimum atomic E-state index is -0.0664. The summed E-state index contributed by atoms with van der Waals surface area (Å²) in [7, 11) is 0. The first-order valence-corrected chi connectivity index (χ1v) is 8.72. The monoisotopic (exact) mass is 328 g/mol. The number of anilines is 1. The Morgan fingerprint density at radius 3 is 2.83 bits per heavy atom. The van der Waals surface area contributed by atoms with Crippen molar-refractivity contribution in [1.82, 2.24) is 14.9 Å². The molecule has 2 N–H and O–H groups in total. The van der Waals surface area contributed by atoms with E-state index < -0.39 is 0 Å². The average Bonchev–Trinajstić information content (AvgIpc) is 3.37. The van der Waals surface area contributed by atoms with Gasteiger partial charge in [-0.25, -0.2) is 4.98 Å². The molecule has 0 saturated heterocycles. The Morgan fingerprint density at radius 2 is 2.08 bits per heavy atom. The van der Waals surface area contributed by atoms with E-state index in [4.69, 9.17) is 0 Å². The molecular formula is C18H24N4O2. The molecule has 0 aliphatic heterocycles. The van der Waals surface area contributed by atoms with Crippen molar-refractivity contribution in [2.75, 3.05) is 11.9 Å². The highest BCUT2D eigenvalue weighted by Gasteiger charge is 2.29. The van der Waals surface area contributed by atoms with E-state index in [1.807, 2.05) is 28.8 Å². The maximum atomic E-state index is 12.2. The second-order valence-electron chi connectivity index (χ2n) is 6.29. The SMILES string of the molecule is CCCn1c(NC(=O)CCCNC(=O)C2CC2)nc2ccccc21. The van der Waals surface area contributed by atoms with Crippen molar-refractivity contribution in [3.05, 3.63) is 24.3 Å². The number of nitrogens with one attached hydrogen (secondary N) is 2. The van der Waals surface area contributed by atoms with Crippen LogP contribution in [-0.2, 0) is 16.1 Å². The zero-order chi connectivity index (χ0) is 16.9. The van der Waals surface area contributed by atoms with Crippen molar-refractivity contribution < 1.29 is 9.59 Å². The molecule has 0 spiro atoms. The van der Waals surface area contributed by atoms with E-state index in [9.17, 15) is 9.59 Å². The Labute approximate surface area is 141 Å². The Bertz CT molecular complexity index is 734. The third-order valence-corrected chi connectivity index (χ3v) is 4.18. The van der Waals surface area contributed by atoms with Crippen LogP contribution in [0.25, 0.3) is 11.0 Å². The summed E-state index contributed by atoms with van der Waals surface area (Å²) in [4.78, 5) is 28.2. The Hall–Kier alpha value is -2.37. The van der Waals surface area contributed by atoms with Crippen LogP contribution in [0.4, 0.5) is 5.95 Å². The van der Waals surface area contributed by atoms with Crippen molar-refractivity contribution in [2.45, 2.75) is 45.6 Å². The average molecular weight is 328 g/mol. The molecule has 1 heterocycles. The van der Waals surface area contributed by atoms with Crippen molar-refractivity contribution in [3.8, 4) is 0 Å². The molecule has 1 aliphatic rings. The van der Waals surface area contributed by atoms with Gasteiger partial charge in [-0.15, -0.1) is 0 Å². The molecule has 1 fully saturated rings. The van der Waals surface area contributed by atoms with Gasteiger partial charge in [0.2, 0.25) is 17.8 Å². The van der Waals surface area contributed by atoms with Crippen LogP contribution >= 0.6 is 0 Å². The minimum Gasteiger partial charge on any atom is -0.356 e. The number of amides is 2. The van der Waals surface area contributed by atoms with Crippen LogP contribution in [0.1, 0.15) is 39.0 Å². The fraction of sp³-hybridized carbons (Fsp3) is 0.500. The van der Waals surface area contributed by atoms with Gasteiger partial charge in [-0.3, -0.25) is 14.9 Å². The summed E-state index contributed by atoms with van der Waals surface area (Å²) >= 11 is 0. The van der Waals surface area contributed by atoms with Crippen molar-refractivity contribution in [2.24, 2.45) is 5.92 Å². The van der Waals surface area contributed by atoms with E-state index in [0.717, 1.165) is 36.8 Å². The highest BCUT2D eigenvalue weighted by molar-refractivity contribution is 5.91. The van der Waals surface area contributed by atoms with Crippen LogP contribution in [0.2, 0.25) is 0 Å². The van der Waals surface area contributed by atoms with Gasteiger partial charge >= 0.3 is 0 Å². The predicted molar refractivity (Wildman–Crippen MR) is 93.6 cm³/mol. The van der Waals surface area contributed by atoms with E-state index in [0.29, 0.717) is 25.3 Å². The van der Waals surface area contributed by atoms with Crippen LogP contribution in [-0.4, -0.2) is 27.9 Å². The van der Waals surface area contributed by atoms with Gasteiger partial charge in [-0.1, -0.05) is 19.1 Å². The van der Waals surface area contributed by atoms with E-state index in [1.54, 1.807) is 0 Å².